The van der Waals surface area contributed by atoms with E-state index in [-0.39, 0.29) is 30.9 Å². The predicted octanol–water partition coefficient (Wildman–Crippen LogP) is -0.0378. The van der Waals surface area contributed by atoms with Gasteiger partial charge in [0.25, 0.3) is 5.91 Å². The summed E-state index contributed by atoms with van der Waals surface area (Å²) in [6.07, 6.45) is 0. The number of morpholine rings is 1. The van der Waals surface area contributed by atoms with Crippen molar-refractivity contribution in [1.82, 2.24) is 10.2 Å². The first-order valence-corrected chi connectivity index (χ1v) is 9.29. The van der Waals surface area contributed by atoms with Crippen molar-refractivity contribution in [3.63, 3.8) is 0 Å². The Labute approximate surface area is 164 Å². The summed E-state index contributed by atoms with van der Waals surface area (Å²) < 4.78 is 10.8. The molecule has 0 spiro atoms. The molecule has 1 saturated heterocycles. The molecular formula is C19H28N4O5. The number of ether oxygens (including phenoxy) is 2. The maximum atomic E-state index is 12.2. The average molecular weight is 392 g/mol. The Bertz CT molecular complexity index is 689. The third-order valence-corrected chi connectivity index (χ3v) is 4.32. The number of carbonyl (C=O) groups excluding carboxylic acids is 3. The molecule has 1 aromatic rings. The van der Waals surface area contributed by atoms with E-state index < -0.39 is 11.9 Å². The van der Waals surface area contributed by atoms with Gasteiger partial charge in [-0.15, -0.1) is 0 Å². The van der Waals surface area contributed by atoms with Gasteiger partial charge < -0.3 is 30.7 Å². The van der Waals surface area contributed by atoms with E-state index >= 15 is 0 Å². The lowest BCUT2D eigenvalue weighted by atomic mass is 10.1. The molecule has 1 fully saturated rings. The van der Waals surface area contributed by atoms with Crippen molar-refractivity contribution in [1.29, 1.82) is 0 Å². The lowest BCUT2D eigenvalue weighted by Crippen LogP contribution is -2.46. The van der Waals surface area contributed by atoms with Gasteiger partial charge in [0.15, 0.2) is 6.61 Å². The molecule has 0 radical (unpaired) electrons. The molecule has 3 amide bonds. The smallest absolute Gasteiger partial charge is 0.260 e. The van der Waals surface area contributed by atoms with Gasteiger partial charge in [-0.2, -0.15) is 0 Å². The number of nitrogens with one attached hydrogen (secondary N) is 2. The second-order valence-electron chi connectivity index (χ2n) is 6.81. The van der Waals surface area contributed by atoms with E-state index in [4.69, 9.17) is 15.2 Å². The van der Waals surface area contributed by atoms with E-state index in [2.05, 4.69) is 10.6 Å². The van der Waals surface area contributed by atoms with Crippen LogP contribution in [0.15, 0.2) is 24.3 Å². The van der Waals surface area contributed by atoms with E-state index in [1.807, 2.05) is 13.8 Å². The van der Waals surface area contributed by atoms with E-state index in [1.54, 1.807) is 29.2 Å². The monoisotopic (exact) mass is 392 g/mol. The normalized spacial score (nSPS) is 15.1. The van der Waals surface area contributed by atoms with Crippen LogP contribution < -0.4 is 21.1 Å². The molecule has 9 heteroatoms. The van der Waals surface area contributed by atoms with E-state index in [1.165, 1.54) is 0 Å². The Morgan fingerprint density at radius 1 is 1.21 bits per heavy atom. The van der Waals surface area contributed by atoms with Gasteiger partial charge in [0.05, 0.1) is 31.5 Å². The number of carbonyl (C=O) groups is 3. The van der Waals surface area contributed by atoms with Crippen molar-refractivity contribution < 1.29 is 23.9 Å². The highest BCUT2D eigenvalue weighted by Gasteiger charge is 2.19. The van der Waals surface area contributed by atoms with Crippen LogP contribution in [-0.4, -0.2) is 68.1 Å². The van der Waals surface area contributed by atoms with Gasteiger partial charge in [0, 0.05) is 13.1 Å². The molecule has 1 aromatic carbocycles. The zero-order valence-corrected chi connectivity index (χ0v) is 16.3. The molecule has 0 aromatic heterocycles. The molecule has 9 nitrogen and oxygen atoms in total. The molecule has 1 aliphatic rings. The Balaban J connectivity index is 1.86. The van der Waals surface area contributed by atoms with Crippen molar-refractivity contribution in [2.45, 2.75) is 19.9 Å². The first-order chi connectivity index (χ1) is 13.4. The Hall–Kier alpha value is -2.65. The lowest BCUT2D eigenvalue weighted by molar-refractivity contribution is -0.137. The number of para-hydroxylation sites is 2. The summed E-state index contributed by atoms with van der Waals surface area (Å²) in [6, 6.07) is 6.13. The summed E-state index contributed by atoms with van der Waals surface area (Å²) in [6.45, 7) is 5.44. The number of hydrogen-bond donors (Lipinski definition) is 3. The highest BCUT2D eigenvalue weighted by atomic mass is 16.5. The second kappa shape index (κ2) is 10.6. The molecule has 4 N–H and O–H groups in total. The SMILES string of the molecule is CC(C)[C@H](N)C(=O)NCC(=O)Nc1ccccc1OCC(=O)N1CCOCC1. The topological polar surface area (TPSA) is 123 Å². The first kappa shape index (κ1) is 21.6. The first-order valence-electron chi connectivity index (χ1n) is 9.29. The number of rotatable bonds is 8. The molecule has 1 heterocycles. The summed E-state index contributed by atoms with van der Waals surface area (Å²) in [7, 11) is 0. The minimum absolute atomic E-state index is 0.0267. The molecule has 0 aliphatic carbocycles. The van der Waals surface area contributed by atoms with E-state index in [9.17, 15) is 14.4 Å². The molecule has 2 rings (SSSR count). The van der Waals surface area contributed by atoms with Crippen LogP contribution in [0.25, 0.3) is 0 Å². The average Bonchev–Trinajstić information content (AvgIpc) is 2.71. The van der Waals surface area contributed by atoms with Crippen LogP contribution in [0.5, 0.6) is 5.75 Å². The third-order valence-electron chi connectivity index (χ3n) is 4.32. The zero-order valence-electron chi connectivity index (χ0n) is 16.3. The van der Waals surface area contributed by atoms with Gasteiger partial charge >= 0.3 is 0 Å². The van der Waals surface area contributed by atoms with E-state index in [0.717, 1.165) is 0 Å². The van der Waals surface area contributed by atoms with Crippen LogP contribution >= 0.6 is 0 Å². The number of amides is 3. The predicted molar refractivity (Wildman–Crippen MR) is 104 cm³/mol. The van der Waals surface area contributed by atoms with Crippen molar-refractivity contribution in [3.05, 3.63) is 24.3 Å². The number of hydrogen-bond acceptors (Lipinski definition) is 6. The maximum Gasteiger partial charge on any atom is 0.260 e. The van der Waals surface area contributed by atoms with Crippen molar-refractivity contribution >= 4 is 23.4 Å². The molecule has 28 heavy (non-hydrogen) atoms. The number of benzene rings is 1. The quantitative estimate of drug-likeness (QED) is 0.571. The van der Waals surface area contributed by atoms with Gasteiger partial charge in [-0.05, 0) is 18.1 Å². The molecule has 154 valence electrons. The summed E-state index contributed by atoms with van der Waals surface area (Å²) in [5, 5.41) is 5.18. The van der Waals surface area contributed by atoms with Crippen LogP contribution in [0.3, 0.4) is 0 Å². The highest BCUT2D eigenvalue weighted by Crippen LogP contribution is 2.23. The van der Waals surface area contributed by atoms with Gasteiger partial charge in [0.1, 0.15) is 5.75 Å². The maximum absolute atomic E-state index is 12.2. The summed E-state index contributed by atoms with van der Waals surface area (Å²) in [5.41, 5.74) is 6.17. The van der Waals surface area contributed by atoms with Crippen molar-refractivity contribution in [2.75, 3.05) is 44.8 Å². The van der Waals surface area contributed by atoms with Crippen LogP contribution in [0.4, 0.5) is 5.69 Å². The minimum atomic E-state index is -0.672. The standard InChI is InChI=1S/C19H28N4O5/c1-13(2)18(20)19(26)21-11-16(24)22-14-5-3-4-6-15(14)28-12-17(25)23-7-9-27-10-8-23/h3-6,13,18H,7-12,20H2,1-2H3,(H,21,26)(H,22,24)/t18-/m0/s1. The fourth-order valence-corrected chi connectivity index (χ4v) is 2.52. The number of nitrogens with two attached hydrogens (primary N) is 1. The van der Waals surface area contributed by atoms with E-state index in [0.29, 0.717) is 37.7 Å². The highest BCUT2D eigenvalue weighted by molar-refractivity contribution is 5.96. The van der Waals surface area contributed by atoms with Crippen LogP contribution in [0, 0.1) is 5.92 Å². The van der Waals surface area contributed by atoms with Crippen LogP contribution in [0.2, 0.25) is 0 Å². The number of anilines is 1. The van der Waals surface area contributed by atoms with Crippen molar-refractivity contribution in [2.24, 2.45) is 11.7 Å². The zero-order chi connectivity index (χ0) is 20.5. The Morgan fingerprint density at radius 2 is 1.89 bits per heavy atom. The van der Waals surface area contributed by atoms with Crippen LogP contribution in [0.1, 0.15) is 13.8 Å². The summed E-state index contributed by atoms with van der Waals surface area (Å²) >= 11 is 0. The minimum Gasteiger partial charge on any atom is -0.482 e. The van der Waals surface area contributed by atoms with Gasteiger partial charge in [-0.25, -0.2) is 0 Å². The van der Waals surface area contributed by atoms with Gasteiger partial charge in [0.2, 0.25) is 11.8 Å². The number of nitrogens with zero attached hydrogens (tertiary/aromatic N) is 1. The Morgan fingerprint density at radius 3 is 2.57 bits per heavy atom. The largest absolute Gasteiger partial charge is 0.482 e. The molecule has 1 aliphatic heterocycles. The fraction of sp³-hybridized carbons (Fsp3) is 0.526. The summed E-state index contributed by atoms with van der Waals surface area (Å²) in [5.74, 6) is -0.589. The van der Waals surface area contributed by atoms with Gasteiger partial charge in [-0.3, -0.25) is 14.4 Å². The van der Waals surface area contributed by atoms with Crippen molar-refractivity contribution in [3.8, 4) is 5.75 Å². The van der Waals surface area contributed by atoms with Gasteiger partial charge in [-0.1, -0.05) is 26.0 Å². The molecular weight excluding hydrogens is 364 g/mol. The third kappa shape index (κ3) is 6.50. The second-order valence-corrected chi connectivity index (χ2v) is 6.81. The molecule has 0 bridgehead atoms. The Kier molecular flexibility index (Phi) is 8.21. The fourth-order valence-electron chi connectivity index (χ4n) is 2.52. The molecule has 0 saturated carbocycles. The molecule has 0 unspecified atom stereocenters. The van der Waals surface area contributed by atoms with Crippen LogP contribution in [-0.2, 0) is 19.1 Å². The summed E-state index contributed by atoms with van der Waals surface area (Å²) in [4.78, 5) is 37.9. The molecule has 1 atom stereocenters. The lowest BCUT2D eigenvalue weighted by Gasteiger charge is -2.26.